The number of anilines is 1. The molecule has 1 aromatic heterocycles. The summed E-state index contributed by atoms with van der Waals surface area (Å²) in [6, 6.07) is 12.5. The van der Waals surface area contributed by atoms with Gasteiger partial charge in [-0.1, -0.05) is 0 Å². The van der Waals surface area contributed by atoms with Gasteiger partial charge in [-0.2, -0.15) is 0 Å². The van der Waals surface area contributed by atoms with Crippen molar-refractivity contribution in [1.29, 1.82) is 0 Å². The molecule has 0 atom stereocenters. The lowest BCUT2D eigenvalue weighted by Crippen LogP contribution is -2.05. The summed E-state index contributed by atoms with van der Waals surface area (Å²) in [6.07, 6.45) is 2.50. The van der Waals surface area contributed by atoms with Crippen molar-refractivity contribution in [3.63, 3.8) is 0 Å². The van der Waals surface area contributed by atoms with E-state index >= 15 is 0 Å². The van der Waals surface area contributed by atoms with Gasteiger partial charge < -0.3 is 10.1 Å². The average Bonchev–Trinajstić information content (AvgIpc) is 2.67. The predicted molar refractivity (Wildman–Crippen MR) is 104 cm³/mol. The summed E-state index contributed by atoms with van der Waals surface area (Å²) in [5, 5.41) is 14.2. The summed E-state index contributed by atoms with van der Waals surface area (Å²) in [7, 11) is -3.56. The molecule has 3 rings (SSSR count). The first kappa shape index (κ1) is 20.2. The Labute approximate surface area is 166 Å². The minimum Gasteiger partial charge on any atom is -0.439 e. The SMILES string of the molecule is CS(=O)(=O)c1ccc(NCc2ccnc(Oc3ccc(F)cc3)c2)c([N+](=O)[O-])c1. The third kappa shape index (κ3) is 5.26. The van der Waals surface area contributed by atoms with Crippen LogP contribution in [0, 0.1) is 15.9 Å². The van der Waals surface area contributed by atoms with Gasteiger partial charge in [-0.25, -0.2) is 17.8 Å². The van der Waals surface area contributed by atoms with Crippen molar-refractivity contribution in [1.82, 2.24) is 4.98 Å². The van der Waals surface area contributed by atoms with E-state index in [9.17, 15) is 22.9 Å². The molecule has 0 amide bonds. The van der Waals surface area contributed by atoms with Crippen molar-refractivity contribution in [3.8, 4) is 11.6 Å². The maximum atomic E-state index is 13.0. The van der Waals surface area contributed by atoms with E-state index in [-0.39, 0.29) is 34.5 Å². The Bertz CT molecular complexity index is 1150. The number of hydrogen-bond acceptors (Lipinski definition) is 7. The van der Waals surface area contributed by atoms with Crippen LogP contribution in [-0.4, -0.2) is 24.6 Å². The first-order valence-electron chi connectivity index (χ1n) is 8.33. The van der Waals surface area contributed by atoms with Crippen LogP contribution in [0.25, 0.3) is 0 Å². The highest BCUT2D eigenvalue weighted by atomic mass is 32.2. The maximum absolute atomic E-state index is 13.0. The normalized spacial score (nSPS) is 11.1. The zero-order valence-corrected chi connectivity index (χ0v) is 16.0. The van der Waals surface area contributed by atoms with Crippen molar-refractivity contribution < 1.29 is 22.5 Å². The summed E-state index contributed by atoms with van der Waals surface area (Å²) >= 11 is 0. The average molecular weight is 417 g/mol. The van der Waals surface area contributed by atoms with Crippen LogP contribution in [0.4, 0.5) is 15.8 Å². The van der Waals surface area contributed by atoms with Crippen LogP contribution in [0.1, 0.15) is 5.56 Å². The molecule has 2 aromatic carbocycles. The molecule has 0 fully saturated rings. The maximum Gasteiger partial charge on any atom is 0.293 e. The molecule has 0 aliphatic rings. The van der Waals surface area contributed by atoms with Gasteiger partial charge in [-0.15, -0.1) is 0 Å². The molecule has 8 nitrogen and oxygen atoms in total. The molecular weight excluding hydrogens is 401 g/mol. The fraction of sp³-hybridized carbons (Fsp3) is 0.105. The van der Waals surface area contributed by atoms with Gasteiger partial charge in [0.2, 0.25) is 5.88 Å². The minimum atomic E-state index is -3.56. The zero-order chi connectivity index (χ0) is 21.0. The molecule has 150 valence electrons. The molecule has 10 heteroatoms. The number of nitrogens with one attached hydrogen (secondary N) is 1. The van der Waals surface area contributed by atoms with Crippen LogP contribution in [0.5, 0.6) is 11.6 Å². The Kier molecular flexibility index (Phi) is 5.74. The summed E-state index contributed by atoms with van der Waals surface area (Å²) in [5.74, 6) is 0.306. The molecule has 0 radical (unpaired) electrons. The van der Waals surface area contributed by atoms with E-state index in [1.165, 1.54) is 42.6 Å². The fourth-order valence-corrected chi connectivity index (χ4v) is 3.12. The van der Waals surface area contributed by atoms with Crippen LogP contribution in [0.3, 0.4) is 0 Å². The molecule has 0 aliphatic carbocycles. The van der Waals surface area contributed by atoms with E-state index in [1.54, 1.807) is 12.1 Å². The number of ether oxygens (including phenoxy) is 1. The number of rotatable bonds is 7. The lowest BCUT2D eigenvalue weighted by atomic mass is 10.2. The lowest BCUT2D eigenvalue weighted by Gasteiger charge is -2.10. The van der Waals surface area contributed by atoms with Gasteiger partial charge in [0.05, 0.1) is 9.82 Å². The third-order valence-corrected chi connectivity index (χ3v) is 5.02. The Balaban J connectivity index is 1.76. The molecule has 3 aromatic rings. The number of halogens is 1. The zero-order valence-electron chi connectivity index (χ0n) is 15.2. The highest BCUT2D eigenvalue weighted by Crippen LogP contribution is 2.28. The molecule has 0 aliphatic heterocycles. The molecule has 1 N–H and O–H groups in total. The third-order valence-electron chi connectivity index (χ3n) is 3.91. The number of aromatic nitrogens is 1. The number of nitro benzene ring substituents is 1. The second kappa shape index (κ2) is 8.23. The Morgan fingerprint density at radius 3 is 2.52 bits per heavy atom. The molecule has 0 spiro atoms. The number of sulfone groups is 1. The standard InChI is InChI=1S/C19H16FN3O5S/c1-29(26,27)16-6-7-17(18(11-16)23(24)25)22-12-13-8-9-21-19(10-13)28-15-4-2-14(20)3-5-15/h2-11,22H,12H2,1H3. The first-order valence-corrected chi connectivity index (χ1v) is 10.2. The largest absolute Gasteiger partial charge is 0.439 e. The Morgan fingerprint density at radius 1 is 1.14 bits per heavy atom. The van der Waals surface area contributed by atoms with E-state index < -0.39 is 14.8 Å². The van der Waals surface area contributed by atoms with Crippen LogP contribution < -0.4 is 10.1 Å². The van der Waals surface area contributed by atoms with Crippen LogP contribution in [0.2, 0.25) is 0 Å². The van der Waals surface area contributed by atoms with Gasteiger partial charge in [0.1, 0.15) is 17.3 Å². The second-order valence-corrected chi connectivity index (χ2v) is 8.14. The van der Waals surface area contributed by atoms with E-state index in [4.69, 9.17) is 4.74 Å². The van der Waals surface area contributed by atoms with Gasteiger partial charge in [-0.3, -0.25) is 10.1 Å². The summed E-state index contributed by atoms with van der Waals surface area (Å²) in [6.45, 7) is 0.210. The van der Waals surface area contributed by atoms with Crippen molar-refractivity contribution in [3.05, 3.63) is 82.3 Å². The van der Waals surface area contributed by atoms with Gasteiger partial charge in [0, 0.05) is 31.1 Å². The molecule has 0 bridgehead atoms. The van der Waals surface area contributed by atoms with E-state index in [0.29, 0.717) is 5.75 Å². The van der Waals surface area contributed by atoms with Crippen molar-refractivity contribution in [2.24, 2.45) is 0 Å². The van der Waals surface area contributed by atoms with Crippen molar-refractivity contribution in [2.45, 2.75) is 11.4 Å². The lowest BCUT2D eigenvalue weighted by molar-refractivity contribution is -0.384. The predicted octanol–water partition coefficient (Wildman–Crippen LogP) is 3.94. The number of nitrogens with zero attached hydrogens (tertiary/aromatic N) is 2. The highest BCUT2D eigenvalue weighted by Gasteiger charge is 2.18. The number of benzene rings is 2. The topological polar surface area (TPSA) is 111 Å². The Hall–Kier alpha value is -3.53. The molecule has 29 heavy (non-hydrogen) atoms. The van der Waals surface area contributed by atoms with E-state index in [1.807, 2.05) is 0 Å². The fourth-order valence-electron chi connectivity index (χ4n) is 2.48. The Morgan fingerprint density at radius 2 is 1.86 bits per heavy atom. The first-order chi connectivity index (χ1) is 13.7. The minimum absolute atomic E-state index is 0.131. The summed E-state index contributed by atoms with van der Waals surface area (Å²) in [4.78, 5) is 14.6. The molecule has 0 saturated carbocycles. The molecule has 1 heterocycles. The van der Waals surface area contributed by atoms with E-state index in [0.717, 1.165) is 17.9 Å². The second-order valence-electron chi connectivity index (χ2n) is 6.12. The van der Waals surface area contributed by atoms with Crippen LogP contribution in [-0.2, 0) is 16.4 Å². The molecule has 0 unspecified atom stereocenters. The van der Waals surface area contributed by atoms with Crippen LogP contribution >= 0.6 is 0 Å². The molecule has 0 saturated heterocycles. The van der Waals surface area contributed by atoms with Gasteiger partial charge in [-0.05, 0) is 48.0 Å². The number of hydrogen-bond donors (Lipinski definition) is 1. The monoisotopic (exact) mass is 417 g/mol. The van der Waals surface area contributed by atoms with Gasteiger partial charge >= 0.3 is 0 Å². The van der Waals surface area contributed by atoms with Crippen molar-refractivity contribution in [2.75, 3.05) is 11.6 Å². The van der Waals surface area contributed by atoms with Crippen molar-refractivity contribution >= 4 is 21.2 Å². The van der Waals surface area contributed by atoms with E-state index in [2.05, 4.69) is 10.3 Å². The number of pyridine rings is 1. The smallest absolute Gasteiger partial charge is 0.293 e. The van der Waals surface area contributed by atoms with Gasteiger partial charge in [0.25, 0.3) is 5.69 Å². The van der Waals surface area contributed by atoms with Crippen LogP contribution in [0.15, 0.2) is 65.7 Å². The van der Waals surface area contributed by atoms with Gasteiger partial charge in [0.15, 0.2) is 9.84 Å². The summed E-state index contributed by atoms with van der Waals surface area (Å²) in [5.41, 5.74) is 0.559. The quantitative estimate of drug-likeness (QED) is 0.458. The summed E-state index contributed by atoms with van der Waals surface area (Å²) < 4.78 is 41.8. The number of nitro groups is 1. The highest BCUT2D eigenvalue weighted by molar-refractivity contribution is 7.90. The molecular formula is C19H16FN3O5S.